The number of hydrogen-bond donors (Lipinski definition) is 1. The number of halogens is 1. The third-order valence-corrected chi connectivity index (χ3v) is 4.76. The number of rotatable bonds is 2. The van der Waals surface area contributed by atoms with Crippen molar-refractivity contribution in [2.24, 2.45) is 0 Å². The van der Waals surface area contributed by atoms with Crippen LogP contribution in [0.4, 0.5) is 0 Å². The van der Waals surface area contributed by atoms with Gasteiger partial charge < -0.3 is 5.32 Å². The second-order valence-electron chi connectivity index (χ2n) is 3.63. The monoisotopic (exact) mass is 273 g/mol. The van der Waals surface area contributed by atoms with E-state index in [4.69, 9.17) is 5.26 Å². The molecule has 0 unspecified atom stereocenters. The summed E-state index contributed by atoms with van der Waals surface area (Å²) in [5.74, 6) is 0. The van der Waals surface area contributed by atoms with Crippen molar-refractivity contribution < 1.29 is 8.42 Å². The minimum Gasteiger partial charge on any atom is -0.315 e. The van der Waals surface area contributed by atoms with Crippen molar-refractivity contribution in [3.05, 3.63) is 23.9 Å². The Bertz CT molecular complexity index is 533. The van der Waals surface area contributed by atoms with Gasteiger partial charge >= 0.3 is 0 Å². The van der Waals surface area contributed by atoms with Crippen molar-refractivity contribution in [1.29, 1.82) is 5.26 Å². The summed E-state index contributed by atoms with van der Waals surface area (Å²) in [6.45, 7) is 1.13. The summed E-state index contributed by atoms with van der Waals surface area (Å²) in [5, 5.41) is 11.3. The molecule has 7 heteroatoms. The summed E-state index contributed by atoms with van der Waals surface area (Å²) in [6, 6.07) is 4.90. The molecule has 1 aliphatic rings. The lowest BCUT2D eigenvalue weighted by Gasteiger charge is -2.10. The van der Waals surface area contributed by atoms with Gasteiger partial charge in [0.25, 0.3) is 0 Å². The molecule has 17 heavy (non-hydrogen) atoms. The van der Waals surface area contributed by atoms with Crippen molar-refractivity contribution in [3.8, 4) is 6.07 Å². The van der Waals surface area contributed by atoms with E-state index >= 15 is 0 Å². The third kappa shape index (κ3) is 2.57. The second-order valence-corrected chi connectivity index (χ2v) is 5.77. The summed E-state index contributed by atoms with van der Waals surface area (Å²) in [5.41, 5.74) is 0.120. The van der Waals surface area contributed by atoms with Crippen molar-refractivity contribution >= 4 is 22.2 Å². The number of aromatic nitrogens is 1. The molecule has 0 saturated carbocycles. The number of hydrogen-bond acceptors (Lipinski definition) is 5. The van der Waals surface area contributed by atoms with Crippen LogP contribution in [0.3, 0.4) is 0 Å². The lowest BCUT2D eigenvalue weighted by atomic mass is 10.3. The molecular formula is C10H12ClN3O2S. The van der Waals surface area contributed by atoms with Gasteiger partial charge in [-0.1, -0.05) is 0 Å². The van der Waals surface area contributed by atoms with Gasteiger partial charge in [0.15, 0.2) is 5.03 Å². The molecule has 0 radical (unpaired) electrons. The highest BCUT2D eigenvalue weighted by atomic mass is 35.5. The van der Waals surface area contributed by atoms with E-state index in [1.807, 2.05) is 6.07 Å². The first kappa shape index (κ1) is 13.9. The van der Waals surface area contributed by atoms with Gasteiger partial charge in [0.1, 0.15) is 6.07 Å². The van der Waals surface area contributed by atoms with Crippen LogP contribution in [-0.2, 0) is 9.84 Å². The molecule has 0 spiro atoms. The molecular weight excluding hydrogens is 262 g/mol. The fourth-order valence-electron chi connectivity index (χ4n) is 1.75. The maximum atomic E-state index is 12.2. The fraction of sp³-hybridized carbons (Fsp3) is 0.400. The van der Waals surface area contributed by atoms with Crippen molar-refractivity contribution in [2.75, 3.05) is 13.1 Å². The number of nitriles is 1. The van der Waals surface area contributed by atoms with Crippen LogP contribution >= 0.6 is 12.4 Å². The smallest absolute Gasteiger partial charge is 0.201 e. The molecule has 1 aromatic rings. The zero-order chi connectivity index (χ0) is 11.6. The zero-order valence-electron chi connectivity index (χ0n) is 8.96. The summed E-state index contributed by atoms with van der Waals surface area (Å²) in [6.07, 6.45) is 1.97. The molecule has 2 heterocycles. The van der Waals surface area contributed by atoms with Gasteiger partial charge in [-0.25, -0.2) is 13.4 Å². The normalized spacial score (nSPS) is 19.4. The van der Waals surface area contributed by atoms with E-state index in [0.717, 1.165) is 0 Å². The van der Waals surface area contributed by atoms with Crippen LogP contribution in [0.5, 0.6) is 0 Å². The average Bonchev–Trinajstić information content (AvgIpc) is 2.83. The largest absolute Gasteiger partial charge is 0.315 e. The Morgan fingerprint density at radius 1 is 1.53 bits per heavy atom. The van der Waals surface area contributed by atoms with Gasteiger partial charge in [-0.05, 0) is 25.1 Å². The van der Waals surface area contributed by atoms with Gasteiger partial charge in [-0.3, -0.25) is 0 Å². The van der Waals surface area contributed by atoms with E-state index in [9.17, 15) is 8.42 Å². The highest BCUT2D eigenvalue weighted by Gasteiger charge is 2.32. The number of pyridine rings is 1. The van der Waals surface area contributed by atoms with E-state index in [-0.39, 0.29) is 23.0 Å². The first-order valence-corrected chi connectivity index (χ1v) is 6.50. The highest BCUT2D eigenvalue weighted by molar-refractivity contribution is 7.92. The molecule has 0 aromatic carbocycles. The quantitative estimate of drug-likeness (QED) is 0.849. The van der Waals surface area contributed by atoms with E-state index < -0.39 is 15.1 Å². The molecule has 0 amide bonds. The van der Waals surface area contributed by atoms with Crippen molar-refractivity contribution in [1.82, 2.24) is 10.3 Å². The van der Waals surface area contributed by atoms with Crippen LogP contribution in [0.25, 0.3) is 0 Å². The standard InChI is InChI=1S/C10H11N3O2S.ClH/c11-6-8-2-1-4-13-10(8)16(14,15)9-3-5-12-7-9;/h1-2,4,9,12H,3,5,7H2;1H/t9-;/m0./s1. The number of sulfone groups is 1. The van der Waals surface area contributed by atoms with Gasteiger partial charge in [0.05, 0.1) is 10.8 Å². The van der Waals surface area contributed by atoms with Crippen LogP contribution in [0.15, 0.2) is 23.4 Å². The first-order valence-electron chi connectivity index (χ1n) is 4.96. The molecule has 1 fully saturated rings. The Balaban J connectivity index is 0.00000144. The Kier molecular flexibility index (Phi) is 4.46. The lowest BCUT2D eigenvalue weighted by Crippen LogP contribution is -2.25. The summed E-state index contributed by atoms with van der Waals surface area (Å²) >= 11 is 0. The van der Waals surface area contributed by atoms with Gasteiger partial charge in [-0.2, -0.15) is 5.26 Å². The van der Waals surface area contributed by atoms with Crippen LogP contribution in [-0.4, -0.2) is 31.7 Å². The molecule has 5 nitrogen and oxygen atoms in total. The summed E-state index contributed by atoms with van der Waals surface area (Å²) in [7, 11) is -3.48. The predicted molar refractivity (Wildman–Crippen MR) is 64.7 cm³/mol. The lowest BCUT2D eigenvalue weighted by molar-refractivity contribution is 0.578. The SMILES string of the molecule is Cl.N#Cc1cccnc1S(=O)(=O)[C@H]1CCNC1. The van der Waals surface area contributed by atoms with Gasteiger partial charge in [-0.15, -0.1) is 12.4 Å². The number of nitrogens with one attached hydrogen (secondary N) is 1. The first-order chi connectivity index (χ1) is 7.66. The Morgan fingerprint density at radius 2 is 2.29 bits per heavy atom. The molecule has 1 N–H and O–H groups in total. The predicted octanol–water partition coefficient (Wildman–Crippen LogP) is 0.511. The van der Waals surface area contributed by atoms with E-state index in [2.05, 4.69) is 10.3 Å². The molecule has 1 atom stereocenters. The van der Waals surface area contributed by atoms with Crippen LogP contribution < -0.4 is 5.32 Å². The zero-order valence-corrected chi connectivity index (χ0v) is 10.6. The molecule has 1 aromatic heterocycles. The molecule has 0 bridgehead atoms. The Hall–Kier alpha value is -1.16. The van der Waals surface area contributed by atoms with Crippen LogP contribution in [0.1, 0.15) is 12.0 Å². The summed E-state index contributed by atoms with van der Waals surface area (Å²) in [4.78, 5) is 3.83. The maximum Gasteiger partial charge on any atom is 0.201 e. The van der Waals surface area contributed by atoms with Crippen LogP contribution in [0.2, 0.25) is 0 Å². The highest BCUT2D eigenvalue weighted by Crippen LogP contribution is 2.21. The van der Waals surface area contributed by atoms with Gasteiger partial charge in [0.2, 0.25) is 9.84 Å². The Labute approximate surface area is 106 Å². The minimum atomic E-state index is -3.48. The Morgan fingerprint density at radius 3 is 2.88 bits per heavy atom. The maximum absolute atomic E-state index is 12.2. The number of nitrogens with zero attached hydrogens (tertiary/aromatic N) is 2. The second kappa shape index (κ2) is 5.45. The molecule has 0 aliphatic carbocycles. The van der Waals surface area contributed by atoms with Crippen molar-refractivity contribution in [2.45, 2.75) is 16.7 Å². The minimum absolute atomic E-state index is 0. The molecule has 1 saturated heterocycles. The fourth-order valence-corrected chi connectivity index (χ4v) is 3.46. The molecule has 2 rings (SSSR count). The molecule has 92 valence electrons. The summed E-state index contributed by atoms with van der Waals surface area (Å²) < 4.78 is 24.3. The van der Waals surface area contributed by atoms with Crippen LogP contribution in [0, 0.1) is 11.3 Å². The van der Waals surface area contributed by atoms with Gasteiger partial charge in [0, 0.05) is 12.7 Å². The third-order valence-electron chi connectivity index (χ3n) is 2.62. The molecule has 1 aliphatic heterocycles. The van der Waals surface area contributed by atoms with E-state index in [1.54, 1.807) is 6.07 Å². The topological polar surface area (TPSA) is 82.8 Å². The van der Waals surface area contributed by atoms with E-state index in [0.29, 0.717) is 19.5 Å². The van der Waals surface area contributed by atoms with E-state index in [1.165, 1.54) is 12.3 Å². The van der Waals surface area contributed by atoms with Crippen molar-refractivity contribution in [3.63, 3.8) is 0 Å². The average molecular weight is 274 g/mol.